The number of rotatable bonds is 16. The third-order valence-corrected chi connectivity index (χ3v) is 4.23. The lowest BCUT2D eigenvalue weighted by Crippen LogP contribution is -2.31. The van der Waals surface area contributed by atoms with E-state index < -0.39 is 0 Å². The number of amides is 1. The molecule has 24 heavy (non-hydrogen) atoms. The first kappa shape index (κ1) is 23.6. The average molecular weight is 456 g/mol. The summed E-state index contributed by atoms with van der Waals surface area (Å²) in [5.74, 6) is 0.00453. The van der Waals surface area contributed by atoms with Crippen LogP contribution in [0.25, 0.3) is 0 Å². The number of carbonyl (C=O) groups is 2. The zero-order chi connectivity index (χ0) is 18.0. The van der Waals surface area contributed by atoms with Crippen molar-refractivity contribution in [1.82, 2.24) is 10.6 Å². The standard InChI is InChI=1S/C17H33IN2O4/c1-3-10-15(21)19-13-8-4-6-11-16(23-2)20-14-9-5-7-12-17(22)24-18/h16,20H,3-14H2,1-2H3,(H,19,21). The zero-order valence-corrected chi connectivity index (χ0v) is 17.2. The summed E-state index contributed by atoms with van der Waals surface area (Å²) in [5.41, 5.74) is 0. The van der Waals surface area contributed by atoms with E-state index in [9.17, 15) is 9.59 Å². The number of carbonyl (C=O) groups excluding carboxylic acids is 2. The van der Waals surface area contributed by atoms with Crippen LogP contribution in [0.4, 0.5) is 0 Å². The Morgan fingerprint density at radius 1 is 1.00 bits per heavy atom. The highest BCUT2D eigenvalue weighted by atomic mass is 127. The molecule has 142 valence electrons. The van der Waals surface area contributed by atoms with Crippen LogP contribution in [-0.2, 0) is 17.4 Å². The maximum absolute atomic E-state index is 11.3. The fourth-order valence-electron chi connectivity index (χ4n) is 2.35. The van der Waals surface area contributed by atoms with Crippen LogP contribution in [0, 0.1) is 0 Å². The summed E-state index contributed by atoms with van der Waals surface area (Å²) in [6.45, 7) is 3.67. The lowest BCUT2D eigenvalue weighted by Gasteiger charge is -2.17. The number of methoxy groups -OCH3 is 1. The lowest BCUT2D eigenvalue weighted by molar-refractivity contribution is -0.131. The molecule has 0 rings (SSSR count). The van der Waals surface area contributed by atoms with E-state index in [4.69, 9.17) is 4.74 Å². The van der Waals surface area contributed by atoms with E-state index in [0.29, 0.717) is 12.8 Å². The Labute approximate surface area is 160 Å². The van der Waals surface area contributed by atoms with Crippen LogP contribution in [0.2, 0.25) is 0 Å². The van der Waals surface area contributed by atoms with Crippen molar-refractivity contribution in [1.29, 1.82) is 0 Å². The number of ether oxygens (including phenoxy) is 1. The molecule has 0 aliphatic heterocycles. The Balaban J connectivity index is 3.46. The number of hydrogen-bond donors (Lipinski definition) is 2. The predicted octanol–water partition coefficient (Wildman–Crippen LogP) is 3.48. The van der Waals surface area contributed by atoms with Gasteiger partial charge in [-0.05, 0) is 45.1 Å². The van der Waals surface area contributed by atoms with Gasteiger partial charge in [0.25, 0.3) is 0 Å². The molecule has 6 nitrogen and oxygen atoms in total. The molecule has 0 aliphatic rings. The molecule has 0 spiro atoms. The molecular weight excluding hydrogens is 423 g/mol. The highest BCUT2D eigenvalue weighted by Gasteiger charge is 2.06. The van der Waals surface area contributed by atoms with Crippen LogP contribution < -0.4 is 10.6 Å². The first-order valence-corrected chi connectivity index (χ1v) is 9.86. The summed E-state index contributed by atoms with van der Waals surface area (Å²) in [7, 11) is 1.72. The third kappa shape index (κ3) is 15.1. The van der Waals surface area contributed by atoms with Gasteiger partial charge in [-0.2, -0.15) is 0 Å². The predicted molar refractivity (Wildman–Crippen MR) is 104 cm³/mol. The molecule has 1 unspecified atom stereocenters. The Morgan fingerprint density at radius 2 is 1.71 bits per heavy atom. The van der Waals surface area contributed by atoms with Crippen molar-refractivity contribution < 1.29 is 17.4 Å². The molecule has 0 bridgehead atoms. The molecule has 0 aromatic heterocycles. The van der Waals surface area contributed by atoms with Crippen LogP contribution in [0.1, 0.15) is 71.1 Å². The highest BCUT2D eigenvalue weighted by Crippen LogP contribution is 2.06. The molecular formula is C17H33IN2O4. The van der Waals surface area contributed by atoms with Crippen molar-refractivity contribution in [3.05, 3.63) is 0 Å². The van der Waals surface area contributed by atoms with Crippen LogP contribution >= 0.6 is 23.0 Å². The molecule has 0 heterocycles. The van der Waals surface area contributed by atoms with Crippen LogP contribution in [0.5, 0.6) is 0 Å². The fourth-order valence-corrected chi connectivity index (χ4v) is 2.57. The van der Waals surface area contributed by atoms with Crippen molar-refractivity contribution in [2.45, 2.75) is 77.4 Å². The second-order valence-electron chi connectivity index (χ2n) is 5.89. The molecule has 1 atom stereocenters. The number of unbranched alkanes of at least 4 members (excludes halogenated alkanes) is 4. The number of nitrogens with one attached hydrogen (secondary N) is 2. The fraction of sp³-hybridized carbons (Fsp3) is 0.882. The maximum atomic E-state index is 11.3. The van der Waals surface area contributed by atoms with Gasteiger partial charge in [-0.1, -0.05) is 19.8 Å². The molecule has 0 radical (unpaired) electrons. The van der Waals surface area contributed by atoms with Gasteiger partial charge in [-0.15, -0.1) is 0 Å². The number of halogens is 1. The molecule has 0 saturated carbocycles. The van der Waals surface area contributed by atoms with E-state index in [1.807, 2.05) is 6.92 Å². The second-order valence-corrected chi connectivity index (χ2v) is 6.33. The van der Waals surface area contributed by atoms with E-state index in [1.54, 1.807) is 30.1 Å². The lowest BCUT2D eigenvalue weighted by atomic mass is 10.1. The van der Waals surface area contributed by atoms with Gasteiger partial charge in [-0.3, -0.25) is 14.9 Å². The number of hydrogen-bond acceptors (Lipinski definition) is 5. The van der Waals surface area contributed by atoms with E-state index in [2.05, 4.69) is 13.7 Å². The molecule has 0 aromatic carbocycles. The Bertz CT molecular complexity index is 330. The Hall–Kier alpha value is -0.410. The van der Waals surface area contributed by atoms with Crippen LogP contribution in [0.3, 0.4) is 0 Å². The molecule has 0 aromatic rings. The van der Waals surface area contributed by atoms with E-state index in [1.165, 1.54) is 0 Å². The smallest absolute Gasteiger partial charge is 0.315 e. The van der Waals surface area contributed by atoms with E-state index >= 15 is 0 Å². The van der Waals surface area contributed by atoms with Gasteiger partial charge >= 0.3 is 5.97 Å². The van der Waals surface area contributed by atoms with Crippen molar-refractivity contribution in [3.63, 3.8) is 0 Å². The summed E-state index contributed by atoms with van der Waals surface area (Å²) in [6, 6.07) is 0. The van der Waals surface area contributed by atoms with Crippen molar-refractivity contribution in [3.8, 4) is 0 Å². The quantitative estimate of drug-likeness (QED) is 0.211. The first-order chi connectivity index (χ1) is 11.6. The normalized spacial score (nSPS) is 12.0. The third-order valence-electron chi connectivity index (χ3n) is 3.74. The van der Waals surface area contributed by atoms with Gasteiger partial charge in [0.1, 0.15) is 6.23 Å². The minimum Gasteiger partial charge on any atom is -0.394 e. The van der Waals surface area contributed by atoms with Gasteiger partial charge in [-0.25, -0.2) is 0 Å². The maximum Gasteiger partial charge on any atom is 0.315 e. The van der Waals surface area contributed by atoms with Crippen LogP contribution in [-0.4, -0.2) is 38.3 Å². The SMILES string of the molecule is CCCC(=O)NCCCCCC(NCCCCCC(=O)OI)OC. The van der Waals surface area contributed by atoms with Crippen molar-refractivity contribution in [2.24, 2.45) is 0 Å². The Kier molecular flexibility index (Phi) is 17.1. The van der Waals surface area contributed by atoms with Gasteiger partial charge in [0.2, 0.25) is 5.91 Å². The topological polar surface area (TPSA) is 76.7 Å². The van der Waals surface area contributed by atoms with E-state index in [-0.39, 0.29) is 18.1 Å². The second kappa shape index (κ2) is 17.4. The van der Waals surface area contributed by atoms with Crippen LogP contribution in [0.15, 0.2) is 0 Å². The van der Waals surface area contributed by atoms with Gasteiger partial charge in [0, 0.05) is 26.5 Å². The summed E-state index contributed by atoms with van der Waals surface area (Å²) in [5, 5.41) is 6.32. The molecule has 2 N–H and O–H groups in total. The highest BCUT2D eigenvalue weighted by molar-refractivity contribution is 14.1. The van der Waals surface area contributed by atoms with E-state index in [0.717, 1.165) is 64.5 Å². The van der Waals surface area contributed by atoms with Crippen molar-refractivity contribution >= 4 is 34.9 Å². The monoisotopic (exact) mass is 456 g/mol. The summed E-state index contributed by atoms with van der Waals surface area (Å²) in [4.78, 5) is 22.3. The summed E-state index contributed by atoms with van der Waals surface area (Å²) < 4.78 is 10.0. The molecule has 1 amide bonds. The Morgan fingerprint density at radius 3 is 2.38 bits per heavy atom. The van der Waals surface area contributed by atoms with Gasteiger partial charge < -0.3 is 13.1 Å². The largest absolute Gasteiger partial charge is 0.394 e. The first-order valence-electron chi connectivity index (χ1n) is 8.98. The summed E-state index contributed by atoms with van der Waals surface area (Å²) in [6.07, 6.45) is 9.15. The molecule has 0 saturated heterocycles. The molecule has 0 fully saturated rings. The minimum absolute atomic E-state index is 0.0824. The van der Waals surface area contributed by atoms with Gasteiger partial charge in [0.05, 0.1) is 0 Å². The summed E-state index contributed by atoms with van der Waals surface area (Å²) >= 11 is 1.62. The molecule has 7 heteroatoms. The molecule has 0 aliphatic carbocycles. The minimum atomic E-state index is -0.149. The van der Waals surface area contributed by atoms with Crippen molar-refractivity contribution in [2.75, 3.05) is 20.2 Å². The zero-order valence-electron chi connectivity index (χ0n) is 15.1. The average Bonchev–Trinajstić information content (AvgIpc) is 2.58. The van der Waals surface area contributed by atoms with Gasteiger partial charge in [0.15, 0.2) is 23.0 Å².